The van der Waals surface area contributed by atoms with Gasteiger partial charge in [-0.15, -0.1) is 0 Å². The van der Waals surface area contributed by atoms with Gasteiger partial charge in [-0.2, -0.15) is 0 Å². The molecule has 0 spiro atoms. The first-order chi connectivity index (χ1) is 15.9. The standard InChI is InChI=1S/C26H24N2O5/c1-4-32-19-12-8-17-9-13-23(33-5-2)21(20(17)14-19)15-22-24(29)27-26(31)28(25(22)30)18-10-6-16(3)7-11-18/h6-15H,4-5H2,1-3H3,(H,27,29,31)/b22-15+. The number of imide groups is 2. The van der Waals surface area contributed by atoms with Crippen LogP contribution >= 0.6 is 0 Å². The number of hydrogen-bond acceptors (Lipinski definition) is 5. The summed E-state index contributed by atoms with van der Waals surface area (Å²) in [6, 6.07) is 15.5. The van der Waals surface area contributed by atoms with Gasteiger partial charge in [-0.25, -0.2) is 9.69 Å². The monoisotopic (exact) mass is 444 g/mol. The fraction of sp³-hybridized carbons (Fsp3) is 0.192. The minimum absolute atomic E-state index is 0.162. The number of anilines is 1. The Balaban J connectivity index is 1.87. The van der Waals surface area contributed by atoms with Crippen LogP contribution in [0.25, 0.3) is 16.8 Å². The third-order valence-corrected chi connectivity index (χ3v) is 5.29. The number of carbonyl (C=O) groups excluding carboxylic acids is 3. The van der Waals surface area contributed by atoms with Crippen LogP contribution < -0.4 is 19.7 Å². The number of amides is 4. The van der Waals surface area contributed by atoms with Crippen molar-refractivity contribution >= 4 is 40.4 Å². The number of carbonyl (C=O) groups is 3. The zero-order valence-corrected chi connectivity index (χ0v) is 18.7. The molecule has 0 saturated carbocycles. The SMILES string of the molecule is CCOc1ccc2ccc(OCC)c(/C=C3\C(=O)NC(=O)N(c4ccc(C)cc4)C3=O)c2c1. The number of barbiturate groups is 1. The summed E-state index contributed by atoms with van der Waals surface area (Å²) in [6.07, 6.45) is 1.48. The molecule has 0 unspecified atom stereocenters. The zero-order chi connectivity index (χ0) is 23.5. The quantitative estimate of drug-likeness (QED) is 0.443. The summed E-state index contributed by atoms with van der Waals surface area (Å²) < 4.78 is 11.4. The van der Waals surface area contributed by atoms with Crippen LogP contribution in [0.1, 0.15) is 25.0 Å². The smallest absolute Gasteiger partial charge is 0.335 e. The van der Waals surface area contributed by atoms with Gasteiger partial charge in [0.15, 0.2) is 0 Å². The van der Waals surface area contributed by atoms with Gasteiger partial charge in [0.05, 0.1) is 18.9 Å². The van der Waals surface area contributed by atoms with E-state index in [0.29, 0.717) is 36.0 Å². The average Bonchev–Trinajstić information content (AvgIpc) is 2.79. The second kappa shape index (κ2) is 9.16. The molecule has 0 aliphatic carbocycles. The number of nitrogens with one attached hydrogen (secondary N) is 1. The summed E-state index contributed by atoms with van der Waals surface area (Å²) in [6.45, 7) is 6.56. The molecule has 1 aliphatic heterocycles. The third-order valence-electron chi connectivity index (χ3n) is 5.29. The van der Waals surface area contributed by atoms with Crippen molar-refractivity contribution < 1.29 is 23.9 Å². The van der Waals surface area contributed by atoms with Crippen LogP contribution in [0.15, 0.2) is 60.2 Å². The number of urea groups is 1. The summed E-state index contributed by atoms with van der Waals surface area (Å²) in [7, 11) is 0. The van der Waals surface area contributed by atoms with E-state index < -0.39 is 17.8 Å². The second-order valence-electron chi connectivity index (χ2n) is 7.52. The number of rotatable bonds is 6. The predicted molar refractivity (Wildman–Crippen MR) is 126 cm³/mol. The topological polar surface area (TPSA) is 84.9 Å². The molecule has 7 nitrogen and oxygen atoms in total. The molecule has 168 valence electrons. The summed E-state index contributed by atoms with van der Waals surface area (Å²) in [5.41, 5.74) is 1.76. The Labute approximate surface area is 191 Å². The van der Waals surface area contributed by atoms with Gasteiger partial charge in [0.2, 0.25) is 0 Å². The van der Waals surface area contributed by atoms with Crippen molar-refractivity contribution in [2.24, 2.45) is 0 Å². The van der Waals surface area contributed by atoms with Crippen molar-refractivity contribution in [1.82, 2.24) is 5.32 Å². The van der Waals surface area contributed by atoms with Crippen LogP contribution in [0.4, 0.5) is 10.5 Å². The Morgan fingerprint density at radius 3 is 2.30 bits per heavy atom. The summed E-state index contributed by atoms with van der Waals surface area (Å²) >= 11 is 0. The minimum atomic E-state index is -0.785. The third kappa shape index (κ3) is 4.30. The highest BCUT2D eigenvalue weighted by Crippen LogP contribution is 2.34. The molecule has 0 aromatic heterocycles. The van der Waals surface area contributed by atoms with Crippen LogP contribution in [0, 0.1) is 6.92 Å². The average molecular weight is 444 g/mol. The molecule has 0 radical (unpaired) electrons. The van der Waals surface area contributed by atoms with E-state index in [0.717, 1.165) is 21.2 Å². The van der Waals surface area contributed by atoms with E-state index in [1.165, 1.54) is 6.08 Å². The van der Waals surface area contributed by atoms with E-state index in [1.807, 2.05) is 45.0 Å². The summed E-state index contributed by atoms with van der Waals surface area (Å²) in [5, 5.41) is 3.92. The lowest BCUT2D eigenvalue weighted by Crippen LogP contribution is -2.54. The lowest BCUT2D eigenvalue weighted by atomic mass is 9.99. The molecular formula is C26H24N2O5. The molecule has 7 heteroatoms. The van der Waals surface area contributed by atoms with Gasteiger partial charge in [0, 0.05) is 5.56 Å². The molecular weight excluding hydrogens is 420 g/mol. The second-order valence-corrected chi connectivity index (χ2v) is 7.52. The fourth-order valence-electron chi connectivity index (χ4n) is 3.72. The number of aryl methyl sites for hydroxylation is 1. The van der Waals surface area contributed by atoms with Crippen LogP contribution in [-0.2, 0) is 9.59 Å². The molecule has 1 heterocycles. The van der Waals surface area contributed by atoms with E-state index in [-0.39, 0.29) is 5.57 Å². The number of fused-ring (bicyclic) bond motifs is 1. The van der Waals surface area contributed by atoms with E-state index in [4.69, 9.17) is 9.47 Å². The highest BCUT2D eigenvalue weighted by atomic mass is 16.5. The van der Waals surface area contributed by atoms with Crippen molar-refractivity contribution in [2.45, 2.75) is 20.8 Å². The van der Waals surface area contributed by atoms with E-state index in [9.17, 15) is 14.4 Å². The molecule has 1 fully saturated rings. The maximum absolute atomic E-state index is 13.3. The van der Waals surface area contributed by atoms with Crippen molar-refractivity contribution in [2.75, 3.05) is 18.1 Å². The van der Waals surface area contributed by atoms with Crippen LogP contribution in [-0.4, -0.2) is 31.1 Å². The van der Waals surface area contributed by atoms with Crippen molar-refractivity contribution in [3.05, 3.63) is 71.3 Å². The predicted octanol–water partition coefficient (Wildman–Crippen LogP) is 4.61. The summed E-state index contributed by atoms with van der Waals surface area (Å²) in [4.78, 5) is 39.5. The normalized spacial score (nSPS) is 15.2. The summed E-state index contributed by atoms with van der Waals surface area (Å²) in [5.74, 6) is -0.276. The highest BCUT2D eigenvalue weighted by molar-refractivity contribution is 6.39. The van der Waals surface area contributed by atoms with Crippen molar-refractivity contribution in [3.8, 4) is 11.5 Å². The molecule has 4 amide bonds. The number of hydrogen-bond donors (Lipinski definition) is 1. The minimum Gasteiger partial charge on any atom is -0.494 e. The molecule has 3 aromatic rings. The van der Waals surface area contributed by atoms with Gasteiger partial charge < -0.3 is 9.47 Å². The first-order valence-electron chi connectivity index (χ1n) is 10.7. The molecule has 1 saturated heterocycles. The van der Waals surface area contributed by atoms with Crippen LogP contribution in [0.3, 0.4) is 0 Å². The maximum atomic E-state index is 13.3. The van der Waals surface area contributed by atoms with Gasteiger partial charge in [-0.05, 0) is 68.0 Å². The van der Waals surface area contributed by atoms with Gasteiger partial charge in [0.1, 0.15) is 17.1 Å². The number of ether oxygens (including phenoxy) is 2. The number of nitrogens with zero attached hydrogens (tertiary/aromatic N) is 1. The molecule has 1 N–H and O–H groups in total. The Morgan fingerprint density at radius 2 is 1.61 bits per heavy atom. The van der Waals surface area contributed by atoms with Crippen molar-refractivity contribution in [1.29, 1.82) is 0 Å². The fourth-order valence-corrected chi connectivity index (χ4v) is 3.72. The lowest BCUT2D eigenvalue weighted by molar-refractivity contribution is -0.122. The Hall–Kier alpha value is -4.13. The van der Waals surface area contributed by atoms with Gasteiger partial charge in [-0.3, -0.25) is 14.9 Å². The molecule has 0 atom stereocenters. The molecule has 33 heavy (non-hydrogen) atoms. The molecule has 0 bridgehead atoms. The first kappa shape index (κ1) is 22.1. The molecule has 1 aliphatic rings. The molecule has 4 rings (SSSR count). The Morgan fingerprint density at radius 1 is 0.909 bits per heavy atom. The lowest BCUT2D eigenvalue weighted by Gasteiger charge is -2.26. The van der Waals surface area contributed by atoms with Crippen LogP contribution in [0.5, 0.6) is 11.5 Å². The molecule has 3 aromatic carbocycles. The van der Waals surface area contributed by atoms with Crippen molar-refractivity contribution in [3.63, 3.8) is 0 Å². The van der Waals surface area contributed by atoms with E-state index in [1.54, 1.807) is 30.3 Å². The van der Waals surface area contributed by atoms with E-state index in [2.05, 4.69) is 5.32 Å². The van der Waals surface area contributed by atoms with E-state index >= 15 is 0 Å². The highest BCUT2D eigenvalue weighted by Gasteiger charge is 2.37. The number of benzene rings is 3. The van der Waals surface area contributed by atoms with Gasteiger partial charge >= 0.3 is 6.03 Å². The van der Waals surface area contributed by atoms with Gasteiger partial charge in [-0.1, -0.05) is 29.8 Å². The Bertz CT molecular complexity index is 1270. The zero-order valence-electron chi connectivity index (χ0n) is 18.7. The van der Waals surface area contributed by atoms with Gasteiger partial charge in [0.25, 0.3) is 11.8 Å². The van der Waals surface area contributed by atoms with Crippen LogP contribution in [0.2, 0.25) is 0 Å². The Kier molecular flexibility index (Phi) is 6.13. The largest absolute Gasteiger partial charge is 0.494 e. The maximum Gasteiger partial charge on any atom is 0.335 e. The first-order valence-corrected chi connectivity index (χ1v) is 10.7.